The number of rotatable bonds is 4. The maximum atomic E-state index is 12.3. The van der Waals surface area contributed by atoms with Crippen molar-refractivity contribution in [2.75, 3.05) is 5.32 Å². The van der Waals surface area contributed by atoms with E-state index in [2.05, 4.69) is 31.2 Å². The van der Waals surface area contributed by atoms with Crippen LogP contribution >= 0.6 is 15.9 Å². The van der Waals surface area contributed by atoms with Crippen LogP contribution in [0, 0.1) is 0 Å². The molecular weight excluding hydrogens is 386 g/mol. The van der Waals surface area contributed by atoms with Crippen LogP contribution in [0.15, 0.2) is 70.3 Å². The van der Waals surface area contributed by atoms with Gasteiger partial charge in [-0.1, -0.05) is 28.1 Å². The number of halogens is 1. The molecule has 0 saturated carbocycles. The second-order valence-electron chi connectivity index (χ2n) is 5.31. The van der Waals surface area contributed by atoms with Gasteiger partial charge in [-0.2, -0.15) is 0 Å². The molecule has 0 radical (unpaired) electrons. The zero-order valence-electron chi connectivity index (χ0n) is 12.9. The van der Waals surface area contributed by atoms with E-state index in [4.69, 9.17) is 0 Å². The van der Waals surface area contributed by atoms with Crippen molar-refractivity contribution < 1.29 is 9.90 Å². The quantitative estimate of drug-likeness (QED) is 0.628. The standard InChI is InChI=1S/C18H14BrN3O3/c19-14-3-1-12(2-4-14)16(23)18(25)22-15-9-13(10-21-17(15)24)11-5-7-20-8-6-11/h1-10,16,23H,(H,21,24)(H,22,25). The van der Waals surface area contributed by atoms with Crippen LogP contribution in [0.5, 0.6) is 0 Å². The van der Waals surface area contributed by atoms with E-state index in [1.165, 1.54) is 0 Å². The smallest absolute Gasteiger partial charge is 0.271 e. The number of aromatic amines is 1. The highest BCUT2D eigenvalue weighted by Gasteiger charge is 2.18. The number of amides is 1. The Bertz CT molecular complexity index is 940. The molecule has 6 nitrogen and oxygen atoms in total. The molecule has 3 N–H and O–H groups in total. The van der Waals surface area contributed by atoms with Crippen LogP contribution in [0.3, 0.4) is 0 Å². The number of carbonyl (C=O) groups is 1. The fourth-order valence-corrected chi connectivity index (χ4v) is 2.55. The molecule has 0 bridgehead atoms. The Hall–Kier alpha value is -2.77. The molecule has 3 aromatic rings. The van der Waals surface area contributed by atoms with Gasteiger partial charge in [-0.3, -0.25) is 14.6 Å². The minimum atomic E-state index is -1.38. The predicted octanol–water partition coefficient (Wildman–Crippen LogP) is 2.87. The summed E-state index contributed by atoms with van der Waals surface area (Å²) in [6.45, 7) is 0. The third kappa shape index (κ3) is 4.01. The summed E-state index contributed by atoms with van der Waals surface area (Å²) in [5.41, 5.74) is 1.61. The lowest BCUT2D eigenvalue weighted by atomic mass is 10.1. The van der Waals surface area contributed by atoms with Crippen LogP contribution in [0.1, 0.15) is 11.7 Å². The molecule has 25 heavy (non-hydrogen) atoms. The van der Waals surface area contributed by atoms with Crippen molar-refractivity contribution in [2.24, 2.45) is 0 Å². The molecule has 2 aromatic heterocycles. The van der Waals surface area contributed by atoms with Gasteiger partial charge >= 0.3 is 0 Å². The van der Waals surface area contributed by atoms with Gasteiger partial charge < -0.3 is 15.4 Å². The Labute approximate surface area is 151 Å². The molecule has 7 heteroatoms. The van der Waals surface area contributed by atoms with Crippen LogP contribution in [0.2, 0.25) is 0 Å². The van der Waals surface area contributed by atoms with Crippen LogP contribution in [-0.2, 0) is 4.79 Å². The summed E-state index contributed by atoms with van der Waals surface area (Å²) in [7, 11) is 0. The molecule has 0 spiro atoms. The second-order valence-corrected chi connectivity index (χ2v) is 6.23. The van der Waals surface area contributed by atoms with E-state index in [9.17, 15) is 14.7 Å². The van der Waals surface area contributed by atoms with Gasteiger partial charge in [0.25, 0.3) is 11.5 Å². The summed E-state index contributed by atoms with van der Waals surface area (Å²) < 4.78 is 0.838. The lowest BCUT2D eigenvalue weighted by Gasteiger charge is -2.12. The van der Waals surface area contributed by atoms with Crippen molar-refractivity contribution in [1.82, 2.24) is 9.97 Å². The number of nitrogens with one attached hydrogen (secondary N) is 2. The fraction of sp³-hybridized carbons (Fsp3) is 0.0556. The Morgan fingerprint density at radius 2 is 1.80 bits per heavy atom. The van der Waals surface area contributed by atoms with Gasteiger partial charge in [-0.05, 0) is 41.5 Å². The summed E-state index contributed by atoms with van der Waals surface area (Å²) in [6.07, 6.45) is 3.45. The molecule has 0 aliphatic carbocycles. The molecule has 0 aliphatic heterocycles. The summed E-state index contributed by atoms with van der Waals surface area (Å²) in [4.78, 5) is 30.8. The van der Waals surface area contributed by atoms with Crippen molar-refractivity contribution in [3.8, 4) is 11.1 Å². The molecule has 1 aromatic carbocycles. The third-order valence-corrected chi connectivity index (χ3v) is 4.14. The molecule has 1 atom stereocenters. The molecule has 1 unspecified atom stereocenters. The number of aliphatic hydroxyl groups excluding tert-OH is 1. The van der Waals surface area contributed by atoms with Crippen LogP contribution in [0.25, 0.3) is 11.1 Å². The number of hydrogen-bond donors (Lipinski definition) is 3. The van der Waals surface area contributed by atoms with E-state index in [1.54, 1.807) is 61.1 Å². The Morgan fingerprint density at radius 3 is 2.48 bits per heavy atom. The largest absolute Gasteiger partial charge is 0.378 e. The summed E-state index contributed by atoms with van der Waals surface area (Å²) in [5, 5.41) is 12.6. The Balaban J connectivity index is 1.83. The molecule has 3 rings (SSSR count). The number of anilines is 1. The molecule has 126 valence electrons. The van der Waals surface area contributed by atoms with Gasteiger partial charge in [-0.25, -0.2) is 0 Å². The molecule has 0 aliphatic rings. The normalized spacial score (nSPS) is 11.8. The number of aromatic nitrogens is 2. The van der Waals surface area contributed by atoms with Crippen molar-refractivity contribution in [3.63, 3.8) is 0 Å². The van der Waals surface area contributed by atoms with Crippen LogP contribution < -0.4 is 10.9 Å². The van der Waals surface area contributed by atoms with Crippen molar-refractivity contribution in [1.29, 1.82) is 0 Å². The zero-order valence-corrected chi connectivity index (χ0v) is 14.5. The van der Waals surface area contributed by atoms with E-state index < -0.39 is 17.6 Å². The topological polar surface area (TPSA) is 95.1 Å². The first-order valence-electron chi connectivity index (χ1n) is 7.42. The highest BCUT2D eigenvalue weighted by molar-refractivity contribution is 9.10. The minimum absolute atomic E-state index is 0.0653. The summed E-state index contributed by atoms with van der Waals surface area (Å²) >= 11 is 3.29. The summed E-state index contributed by atoms with van der Waals surface area (Å²) in [6, 6.07) is 11.8. The van der Waals surface area contributed by atoms with Crippen molar-refractivity contribution >= 4 is 27.5 Å². The number of aliphatic hydroxyl groups is 1. The SMILES string of the molecule is O=C(Nc1cc(-c2ccncc2)c[nH]c1=O)C(O)c1ccc(Br)cc1. The lowest BCUT2D eigenvalue weighted by molar-refractivity contribution is -0.124. The van der Waals surface area contributed by atoms with Gasteiger partial charge in [0.1, 0.15) is 5.69 Å². The number of carbonyl (C=O) groups excluding carboxylic acids is 1. The number of benzene rings is 1. The van der Waals surface area contributed by atoms with Crippen molar-refractivity contribution in [2.45, 2.75) is 6.10 Å². The lowest BCUT2D eigenvalue weighted by Crippen LogP contribution is -2.25. The van der Waals surface area contributed by atoms with Gasteiger partial charge in [0, 0.05) is 28.6 Å². The summed E-state index contributed by atoms with van der Waals surface area (Å²) in [5.74, 6) is -0.681. The van der Waals surface area contributed by atoms with Gasteiger partial charge in [0.2, 0.25) is 0 Å². The van der Waals surface area contributed by atoms with Crippen LogP contribution in [0.4, 0.5) is 5.69 Å². The van der Waals surface area contributed by atoms with Crippen molar-refractivity contribution in [3.05, 3.63) is 81.4 Å². The van der Waals surface area contributed by atoms with E-state index >= 15 is 0 Å². The highest BCUT2D eigenvalue weighted by atomic mass is 79.9. The average Bonchev–Trinajstić information content (AvgIpc) is 2.64. The average molecular weight is 400 g/mol. The van der Waals surface area contributed by atoms with Crippen LogP contribution in [-0.4, -0.2) is 21.0 Å². The fourth-order valence-electron chi connectivity index (χ4n) is 2.29. The first-order chi connectivity index (χ1) is 12.0. The monoisotopic (exact) mass is 399 g/mol. The maximum absolute atomic E-state index is 12.3. The molecular formula is C18H14BrN3O3. The number of hydrogen-bond acceptors (Lipinski definition) is 4. The van der Waals surface area contributed by atoms with E-state index in [0.29, 0.717) is 5.56 Å². The molecule has 0 saturated heterocycles. The maximum Gasteiger partial charge on any atom is 0.271 e. The minimum Gasteiger partial charge on any atom is -0.378 e. The van der Waals surface area contributed by atoms with E-state index in [-0.39, 0.29) is 5.69 Å². The zero-order chi connectivity index (χ0) is 17.8. The molecule has 2 heterocycles. The first-order valence-corrected chi connectivity index (χ1v) is 8.21. The van der Waals surface area contributed by atoms with Gasteiger partial charge in [0.05, 0.1) is 0 Å². The number of H-pyrrole nitrogens is 1. The second kappa shape index (κ2) is 7.42. The molecule has 1 amide bonds. The first kappa shape index (κ1) is 17.1. The van der Waals surface area contributed by atoms with E-state index in [1.807, 2.05) is 0 Å². The third-order valence-electron chi connectivity index (χ3n) is 3.61. The molecule has 0 fully saturated rings. The predicted molar refractivity (Wildman–Crippen MR) is 98.0 cm³/mol. The van der Waals surface area contributed by atoms with Gasteiger partial charge in [0.15, 0.2) is 6.10 Å². The Kier molecular flexibility index (Phi) is 5.06. The van der Waals surface area contributed by atoms with Gasteiger partial charge in [-0.15, -0.1) is 0 Å². The highest BCUT2D eigenvalue weighted by Crippen LogP contribution is 2.21. The Morgan fingerprint density at radius 1 is 1.12 bits per heavy atom. The number of pyridine rings is 2. The van der Waals surface area contributed by atoms with E-state index in [0.717, 1.165) is 15.6 Å². The number of nitrogens with zero attached hydrogens (tertiary/aromatic N) is 1.